The van der Waals surface area contributed by atoms with Gasteiger partial charge < -0.3 is 14.7 Å². The van der Waals surface area contributed by atoms with Crippen LogP contribution >= 0.6 is 0 Å². The minimum absolute atomic E-state index is 0.136. The summed E-state index contributed by atoms with van der Waals surface area (Å²) in [6.07, 6.45) is 9.67. The number of nitrogens with zero attached hydrogens (tertiary/aromatic N) is 3. The van der Waals surface area contributed by atoms with E-state index >= 15 is 0 Å². The Morgan fingerprint density at radius 1 is 0.887 bits per heavy atom. The number of fused-ring (bicyclic) bond motifs is 8. The van der Waals surface area contributed by atoms with Crippen LogP contribution in [-0.2, 0) is 14.3 Å². The van der Waals surface area contributed by atoms with Gasteiger partial charge in [-0.3, -0.25) is 24.1 Å². The second kappa shape index (κ2) is 15.5. The second-order valence-electron chi connectivity index (χ2n) is 14.4. The summed E-state index contributed by atoms with van der Waals surface area (Å²) in [5.41, 5.74) is 12.4. The summed E-state index contributed by atoms with van der Waals surface area (Å²) in [7, 11) is 1.37. The third-order valence-electron chi connectivity index (χ3n) is 11.4. The number of rotatable bonds is 12. The lowest BCUT2D eigenvalue weighted by Crippen LogP contribution is -2.41. The van der Waals surface area contributed by atoms with Gasteiger partial charge in [0.2, 0.25) is 0 Å². The Balaban J connectivity index is 1.81. The number of carbonyl (C=O) groups excluding carboxylic acids is 4. The maximum Gasteiger partial charge on any atom is 0.305 e. The van der Waals surface area contributed by atoms with E-state index in [-0.39, 0.29) is 36.0 Å². The fourth-order valence-electron chi connectivity index (χ4n) is 8.43. The standard InChI is InChI=1S/C43H51N5O5/c1-9-12-13-14-19-48-42(51)36-26(7)32-22-33-27(10-2)23(4)31(44-33)21-34-28(11-3)24(5)38(46-34)30(16-15-20-49)39-25(6)29(17-18-35(50)53-8)40(47-39)37(43(48)52)41(36)45-32/h15-16,20-22,25,29,45,47H,9-14,17-19H2,1-8H3/t25-,29-/m0/s1. The smallest absolute Gasteiger partial charge is 0.305 e. The molecule has 0 aromatic carbocycles. The molecule has 2 aromatic heterocycles. The molecule has 0 saturated heterocycles. The number of imide groups is 1. The van der Waals surface area contributed by atoms with Gasteiger partial charge in [0.15, 0.2) is 0 Å². The minimum Gasteiger partial charge on any atom is -0.469 e. The Morgan fingerprint density at radius 3 is 2.26 bits per heavy atom. The number of hydrogen-bond donors (Lipinski definition) is 2. The van der Waals surface area contributed by atoms with Gasteiger partial charge in [0.1, 0.15) is 6.29 Å². The zero-order valence-electron chi connectivity index (χ0n) is 32.3. The van der Waals surface area contributed by atoms with Crippen LogP contribution in [0, 0.1) is 6.92 Å². The molecular weight excluding hydrogens is 667 g/mol. The number of carbonyl (C=O) groups is 4. The van der Waals surface area contributed by atoms with Crippen LogP contribution in [0.2, 0.25) is 0 Å². The van der Waals surface area contributed by atoms with Crippen molar-refractivity contribution in [2.75, 3.05) is 13.7 Å². The second-order valence-corrected chi connectivity index (χ2v) is 14.4. The number of nitrogens with one attached hydrogen (secondary N) is 2. The summed E-state index contributed by atoms with van der Waals surface area (Å²) < 4.78 is 5.06. The first-order chi connectivity index (χ1) is 25.5. The highest BCUT2D eigenvalue weighted by atomic mass is 16.5. The number of hydrogen-bond acceptors (Lipinski definition) is 7. The lowest BCUT2D eigenvalue weighted by atomic mass is 9.83. The minimum atomic E-state index is -0.372. The Kier molecular flexibility index (Phi) is 11.0. The molecule has 8 bridgehead atoms. The molecule has 0 saturated carbocycles. The Labute approximate surface area is 311 Å². The fraction of sp³-hybridized carbons (Fsp3) is 0.442. The number of unbranched alkanes of at least 4 members (excludes halogenated alkanes) is 3. The predicted molar refractivity (Wildman–Crippen MR) is 210 cm³/mol. The van der Waals surface area contributed by atoms with Crippen molar-refractivity contribution >= 4 is 63.5 Å². The van der Waals surface area contributed by atoms with Gasteiger partial charge in [0.05, 0.1) is 46.5 Å². The molecule has 4 aliphatic heterocycles. The lowest BCUT2D eigenvalue weighted by molar-refractivity contribution is -0.140. The predicted octanol–water partition coefficient (Wildman–Crippen LogP) is 9.26. The number of ether oxygens (including phenoxy) is 1. The van der Waals surface area contributed by atoms with E-state index in [2.05, 4.69) is 57.6 Å². The summed E-state index contributed by atoms with van der Waals surface area (Å²) >= 11 is 0. The highest BCUT2D eigenvalue weighted by Crippen LogP contribution is 2.46. The lowest BCUT2D eigenvalue weighted by Gasteiger charge is -2.27. The molecule has 2 atom stereocenters. The van der Waals surface area contributed by atoms with E-state index in [0.29, 0.717) is 47.2 Å². The van der Waals surface area contributed by atoms with Crippen molar-refractivity contribution in [2.45, 2.75) is 112 Å². The Morgan fingerprint density at radius 2 is 1.58 bits per heavy atom. The largest absolute Gasteiger partial charge is 0.469 e. The van der Waals surface area contributed by atoms with Crippen molar-refractivity contribution in [3.63, 3.8) is 0 Å². The van der Waals surface area contributed by atoms with Crippen LogP contribution in [-0.4, -0.2) is 62.6 Å². The molecule has 4 aliphatic rings. The van der Waals surface area contributed by atoms with Gasteiger partial charge >= 0.3 is 5.97 Å². The summed E-state index contributed by atoms with van der Waals surface area (Å²) in [5.74, 6) is -1.58. The molecular formula is C43H51N5O5. The normalized spacial score (nSPS) is 17.7. The maximum absolute atomic E-state index is 14.8. The number of aromatic amines is 2. The van der Waals surface area contributed by atoms with Crippen molar-refractivity contribution in [1.29, 1.82) is 0 Å². The number of H-pyrrole nitrogens is 2. The van der Waals surface area contributed by atoms with Crippen LogP contribution in [0.5, 0.6) is 0 Å². The monoisotopic (exact) mass is 717 g/mol. The van der Waals surface area contributed by atoms with Gasteiger partial charge in [0, 0.05) is 47.3 Å². The first-order valence-electron chi connectivity index (χ1n) is 19.1. The highest BCUT2D eigenvalue weighted by Gasteiger charge is 2.41. The van der Waals surface area contributed by atoms with Crippen molar-refractivity contribution in [2.24, 2.45) is 0 Å². The van der Waals surface area contributed by atoms with Gasteiger partial charge in [-0.1, -0.05) is 47.0 Å². The molecule has 278 valence electrons. The molecule has 6 rings (SSSR count). The maximum atomic E-state index is 14.8. The Hall–Kier alpha value is -5.12. The van der Waals surface area contributed by atoms with Gasteiger partial charge in [0.25, 0.3) is 11.8 Å². The Bertz CT molecular complexity index is 2180. The zero-order chi connectivity index (χ0) is 38.1. The molecule has 10 nitrogen and oxygen atoms in total. The number of aryl methyl sites for hydroxylation is 1. The number of amides is 2. The van der Waals surface area contributed by atoms with E-state index in [1.807, 2.05) is 13.0 Å². The van der Waals surface area contributed by atoms with E-state index < -0.39 is 0 Å². The number of esters is 1. The van der Waals surface area contributed by atoms with E-state index in [4.69, 9.17) is 14.7 Å². The topological polar surface area (TPSA) is 138 Å². The molecule has 0 spiro atoms. The number of aldehydes is 1. The van der Waals surface area contributed by atoms with Crippen LogP contribution in [0.3, 0.4) is 0 Å². The third kappa shape index (κ3) is 6.57. The van der Waals surface area contributed by atoms with Crippen molar-refractivity contribution in [1.82, 2.24) is 24.8 Å². The zero-order valence-corrected chi connectivity index (χ0v) is 32.3. The number of allylic oxidation sites excluding steroid dienone is 5. The average molecular weight is 718 g/mol. The molecule has 0 aliphatic carbocycles. The first-order valence-corrected chi connectivity index (χ1v) is 19.1. The molecule has 6 heterocycles. The summed E-state index contributed by atoms with van der Waals surface area (Å²) in [5, 5.41) is 0. The van der Waals surface area contributed by atoms with Crippen molar-refractivity contribution in [3.05, 3.63) is 74.6 Å². The van der Waals surface area contributed by atoms with Gasteiger partial charge in [-0.15, -0.1) is 0 Å². The average Bonchev–Trinajstić information content (AvgIpc) is 3.83. The molecule has 0 fully saturated rings. The summed E-state index contributed by atoms with van der Waals surface area (Å²) in [6, 6.07) is 4.05. The van der Waals surface area contributed by atoms with Gasteiger partial charge in [-0.05, 0) is 98.6 Å². The SMILES string of the molecule is CCCCCCN1C(=O)c2c3[nH]c(c(C=CC=O)c4nc(cc5nc(cc6[nH]c2c(c6C)C1=O)C(CC)=C5C)C(CC)=C4C)[C@@H](C)[C@@H]3CCC(=O)OC. The molecule has 53 heavy (non-hydrogen) atoms. The van der Waals surface area contributed by atoms with Crippen LogP contribution in [0.15, 0.2) is 18.2 Å². The van der Waals surface area contributed by atoms with E-state index in [0.717, 1.165) is 100 Å². The molecule has 2 N–H and O–H groups in total. The first kappa shape index (κ1) is 37.6. The van der Waals surface area contributed by atoms with E-state index in [1.165, 1.54) is 18.1 Å². The fourth-order valence-corrected chi connectivity index (χ4v) is 8.43. The van der Waals surface area contributed by atoms with E-state index in [1.54, 1.807) is 6.08 Å². The molecule has 0 radical (unpaired) electrons. The summed E-state index contributed by atoms with van der Waals surface area (Å²) in [6.45, 7) is 14.8. The number of aromatic nitrogens is 4. The molecule has 2 amide bonds. The number of methoxy groups -OCH3 is 1. The van der Waals surface area contributed by atoms with Crippen LogP contribution in [0.4, 0.5) is 0 Å². The highest BCUT2D eigenvalue weighted by molar-refractivity contribution is 6.23. The quantitative estimate of drug-likeness (QED) is 0.0734. The van der Waals surface area contributed by atoms with Crippen molar-refractivity contribution < 1.29 is 23.9 Å². The van der Waals surface area contributed by atoms with Gasteiger partial charge in [-0.25, -0.2) is 9.97 Å². The van der Waals surface area contributed by atoms with Crippen LogP contribution < -0.4 is 0 Å². The van der Waals surface area contributed by atoms with Crippen LogP contribution in [0.25, 0.3) is 39.4 Å². The molecule has 0 unspecified atom stereocenters. The van der Waals surface area contributed by atoms with E-state index in [9.17, 15) is 19.2 Å². The molecule has 2 aromatic rings. The van der Waals surface area contributed by atoms with Crippen LogP contribution in [0.1, 0.15) is 171 Å². The van der Waals surface area contributed by atoms with Gasteiger partial charge in [-0.2, -0.15) is 0 Å². The third-order valence-corrected chi connectivity index (χ3v) is 11.4. The molecule has 10 heteroatoms. The summed E-state index contributed by atoms with van der Waals surface area (Å²) in [4.78, 5) is 72.6. The van der Waals surface area contributed by atoms with Crippen molar-refractivity contribution in [3.8, 4) is 0 Å².